The highest BCUT2D eigenvalue weighted by Crippen LogP contribution is 2.22. The summed E-state index contributed by atoms with van der Waals surface area (Å²) in [6.07, 6.45) is 1.83. The molecule has 0 aliphatic carbocycles. The molecular formula is C20H28N4S. The van der Waals surface area contributed by atoms with Gasteiger partial charge in [0.05, 0.1) is 11.7 Å². The van der Waals surface area contributed by atoms with Gasteiger partial charge in [-0.2, -0.15) is 0 Å². The Labute approximate surface area is 156 Å². The van der Waals surface area contributed by atoms with E-state index in [4.69, 9.17) is 12.2 Å². The zero-order chi connectivity index (χ0) is 18.4. The minimum atomic E-state index is 0.103. The third-order valence-electron chi connectivity index (χ3n) is 4.27. The van der Waals surface area contributed by atoms with Gasteiger partial charge in [-0.05, 0) is 76.4 Å². The monoisotopic (exact) mass is 356 g/mol. The van der Waals surface area contributed by atoms with Crippen LogP contribution in [-0.4, -0.2) is 47.1 Å². The number of thiocarbonyl (C=S) groups is 1. The molecule has 0 saturated heterocycles. The standard InChI is InChI=1S/C20H28N4S/c1-15-9-10-16(2)19(14-15)22-20(25)24(13-12-23(4)5)17(3)18-8-6-7-11-21-18/h6-11,14,17H,12-13H2,1-5H3,(H,22,25)/t17-/m0/s1. The topological polar surface area (TPSA) is 31.4 Å². The van der Waals surface area contributed by atoms with Crippen LogP contribution in [0.15, 0.2) is 42.6 Å². The van der Waals surface area contributed by atoms with Crippen LogP contribution in [0.2, 0.25) is 0 Å². The van der Waals surface area contributed by atoms with Crippen molar-refractivity contribution in [2.45, 2.75) is 26.8 Å². The fourth-order valence-electron chi connectivity index (χ4n) is 2.62. The summed E-state index contributed by atoms with van der Waals surface area (Å²) >= 11 is 5.76. The van der Waals surface area contributed by atoms with Crippen LogP contribution in [0, 0.1) is 13.8 Å². The average molecular weight is 357 g/mol. The first-order valence-corrected chi connectivity index (χ1v) is 9.00. The SMILES string of the molecule is Cc1ccc(C)c(NC(=S)N(CCN(C)C)[C@@H](C)c2ccccn2)c1. The molecule has 25 heavy (non-hydrogen) atoms. The summed E-state index contributed by atoms with van der Waals surface area (Å²) in [4.78, 5) is 8.88. The summed E-state index contributed by atoms with van der Waals surface area (Å²) < 4.78 is 0. The number of pyridine rings is 1. The Bertz CT molecular complexity index is 700. The second kappa shape index (κ2) is 8.92. The van der Waals surface area contributed by atoms with Gasteiger partial charge in [0.25, 0.3) is 0 Å². The molecule has 0 aliphatic rings. The van der Waals surface area contributed by atoms with Gasteiger partial charge in [-0.15, -0.1) is 0 Å². The lowest BCUT2D eigenvalue weighted by atomic mass is 10.1. The van der Waals surface area contributed by atoms with Gasteiger partial charge in [0.2, 0.25) is 0 Å². The maximum absolute atomic E-state index is 5.76. The highest BCUT2D eigenvalue weighted by molar-refractivity contribution is 7.80. The number of anilines is 1. The molecule has 0 fully saturated rings. The summed E-state index contributed by atoms with van der Waals surface area (Å²) in [7, 11) is 4.15. The first-order valence-electron chi connectivity index (χ1n) is 8.59. The van der Waals surface area contributed by atoms with E-state index in [2.05, 4.69) is 73.2 Å². The Balaban J connectivity index is 2.21. The number of benzene rings is 1. The van der Waals surface area contributed by atoms with Gasteiger partial charge < -0.3 is 15.1 Å². The number of hydrogen-bond donors (Lipinski definition) is 1. The van der Waals surface area contributed by atoms with E-state index in [-0.39, 0.29) is 6.04 Å². The molecule has 0 aliphatic heterocycles. The number of nitrogens with one attached hydrogen (secondary N) is 1. The van der Waals surface area contributed by atoms with Crippen molar-refractivity contribution in [3.05, 3.63) is 59.4 Å². The van der Waals surface area contributed by atoms with Crippen molar-refractivity contribution < 1.29 is 0 Å². The van der Waals surface area contributed by atoms with Gasteiger partial charge in [0, 0.05) is 25.0 Å². The lowest BCUT2D eigenvalue weighted by molar-refractivity contribution is 0.286. The highest BCUT2D eigenvalue weighted by atomic mass is 32.1. The molecule has 1 heterocycles. The molecule has 134 valence electrons. The first-order chi connectivity index (χ1) is 11.9. The van der Waals surface area contributed by atoms with Crippen LogP contribution in [0.3, 0.4) is 0 Å². The number of rotatable bonds is 6. The summed E-state index contributed by atoms with van der Waals surface area (Å²) in [6, 6.07) is 12.5. The number of aromatic nitrogens is 1. The third-order valence-corrected chi connectivity index (χ3v) is 4.60. The number of likely N-dealkylation sites (N-methyl/N-ethyl adjacent to an activating group) is 1. The van der Waals surface area contributed by atoms with Crippen LogP contribution in [-0.2, 0) is 0 Å². The Hall–Kier alpha value is -1.98. The van der Waals surface area contributed by atoms with Gasteiger partial charge >= 0.3 is 0 Å². The van der Waals surface area contributed by atoms with Crippen LogP contribution >= 0.6 is 12.2 Å². The van der Waals surface area contributed by atoms with E-state index < -0.39 is 0 Å². The molecule has 1 atom stereocenters. The van der Waals surface area contributed by atoms with Crippen LogP contribution in [0.25, 0.3) is 0 Å². The second-order valence-electron chi connectivity index (χ2n) is 6.68. The molecule has 1 aromatic heterocycles. The Morgan fingerprint density at radius 1 is 1.16 bits per heavy atom. The van der Waals surface area contributed by atoms with Crippen LogP contribution in [0.1, 0.15) is 29.8 Å². The predicted octanol–water partition coefficient (Wildman–Crippen LogP) is 4.02. The van der Waals surface area contributed by atoms with Gasteiger partial charge in [0.1, 0.15) is 0 Å². The van der Waals surface area contributed by atoms with E-state index in [0.717, 1.165) is 29.6 Å². The Morgan fingerprint density at radius 2 is 1.92 bits per heavy atom. The molecule has 4 nitrogen and oxygen atoms in total. The molecule has 1 aromatic carbocycles. The maximum atomic E-state index is 5.76. The predicted molar refractivity (Wildman–Crippen MR) is 110 cm³/mol. The van der Waals surface area contributed by atoms with Gasteiger partial charge in [-0.25, -0.2) is 0 Å². The quantitative estimate of drug-likeness (QED) is 0.790. The average Bonchev–Trinajstić information content (AvgIpc) is 2.58. The van der Waals surface area contributed by atoms with E-state index in [1.165, 1.54) is 11.1 Å². The molecule has 0 amide bonds. The molecule has 5 heteroatoms. The number of hydrogen-bond acceptors (Lipinski definition) is 3. The van der Waals surface area contributed by atoms with Gasteiger partial charge in [-0.1, -0.05) is 18.2 Å². The smallest absolute Gasteiger partial charge is 0.174 e. The van der Waals surface area contributed by atoms with E-state index in [0.29, 0.717) is 0 Å². The molecular weight excluding hydrogens is 328 g/mol. The van der Waals surface area contributed by atoms with E-state index in [1.54, 1.807) is 0 Å². The second-order valence-corrected chi connectivity index (χ2v) is 7.06. The summed E-state index contributed by atoms with van der Waals surface area (Å²) in [5, 5.41) is 4.17. The van der Waals surface area contributed by atoms with Crippen LogP contribution in [0.4, 0.5) is 5.69 Å². The maximum Gasteiger partial charge on any atom is 0.174 e. The minimum absolute atomic E-state index is 0.103. The first kappa shape index (κ1) is 19.3. The lowest BCUT2D eigenvalue weighted by Crippen LogP contribution is -2.41. The zero-order valence-corrected chi connectivity index (χ0v) is 16.6. The number of aryl methyl sites for hydroxylation is 2. The Kier molecular flexibility index (Phi) is 6.91. The van der Waals surface area contributed by atoms with Crippen molar-refractivity contribution in [2.24, 2.45) is 0 Å². The van der Waals surface area contributed by atoms with Gasteiger partial charge in [-0.3, -0.25) is 4.98 Å². The van der Waals surface area contributed by atoms with E-state index in [1.807, 2.05) is 24.4 Å². The largest absolute Gasteiger partial charge is 0.339 e. The van der Waals surface area contributed by atoms with E-state index >= 15 is 0 Å². The molecule has 2 aromatic rings. The summed E-state index contributed by atoms with van der Waals surface area (Å²) in [5.41, 5.74) is 4.49. The molecule has 0 spiro atoms. The van der Waals surface area contributed by atoms with Crippen molar-refractivity contribution in [1.82, 2.24) is 14.8 Å². The van der Waals surface area contributed by atoms with Crippen LogP contribution in [0.5, 0.6) is 0 Å². The van der Waals surface area contributed by atoms with Gasteiger partial charge in [0.15, 0.2) is 5.11 Å². The highest BCUT2D eigenvalue weighted by Gasteiger charge is 2.20. The zero-order valence-electron chi connectivity index (χ0n) is 15.8. The lowest BCUT2D eigenvalue weighted by Gasteiger charge is -2.32. The van der Waals surface area contributed by atoms with Crippen molar-refractivity contribution >= 4 is 23.0 Å². The van der Waals surface area contributed by atoms with E-state index in [9.17, 15) is 0 Å². The van der Waals surface area contributed by atoms with Crippen molar-refractivity contribution in [2.75, 3.05) is 32.5 Å². The van der Waals surface area contributed by atoms with Crippen molar-refractivity contribution in [3.63, 3.8) is 0 Å². The molecule has 0 unspecified atom stereocenters. The molecule has 2 rings (SSSR count). The van der Waals surface area contributed by atoms with Crippen molar-refractivity contribution in [1.29, 1.82) is 0 Å². The fraction of sp³-hybridized carbons (Fsp3) is 0.400. The summed E-state index contributed by atoms with van der Waals surface area (Å²) in [5.74, 6) is 0. The normalized spacial score (nSPS) is 12.1. The number of nitrogens with zero attached hydrogens (tertiary/aromatic N) is 3. The summed E-state index contributed by atoms with van der Waals surface area (Å²) in [6.45, 7) is 8.09. The molecule has 0 radical (unpaired) electrons. The molecule has 0 saturated carbocycles. The van der Waals surface area contributed by atoms with Crippen LogP contribution < -0.4 is 5.32 Å². The van der Waals surface area contributed by atoms with Crippen molar-refractivity contribution in [3.8, 4) is 0 Å². The Morgan fingerprint density at radius 3 is 2.56 bits per heavy atom. The fourth-order valence-corrected chi connectivity index (χ4v) is 2.98. The molecule has 1 N–H and O–H groups in total. The molecule has 0 bridgehead atoms. The minimum Gasteiger partial charge on any atom is -0.339 e. The third kappa shape index (κ3) is 5.51.